The van der Waals surface area contributed by atoms with Crippen LogP contribution in [0.5, 0.6) is 5.88 Å². The molecule has 1 fully saturated rings. The van der Waals surface area contributed by atoms with E-state index in [1.165, 1.54) is 30.0 Å². The van der Waals surface area contributed by atoms with E-state index in [0.717, 1.165) is 12.4 Å². The van der Waals surface area contributed by atoms with Gasteiger partial charge in [-0.25, -0.2) is 18.7 Å². The van der Waals surface area contributed by atoms with E-state index in [0.29, 0.717) is 12.2 Å². The van der Waals surface area contributed by atoms with Gasteiger partial charge in [-0.05, 0) is 18.2 Å². The van der Waals surface area contributed by atoms with Gasteiger partial charge in [0, 0.05) is 35.9 Å². The minimum atomic E-state index is -3.07. The quantitative estimate of drug-likeness (QED) is 0.605. The molecule has 176 valence electrons. The summed E-state index contributed by atoms with van der Waals surface area (Å²) in [5.74, 6) is -1.77. The Labute approximate surface area is 190 Å². The van der Waals surface area contributed by atoms with Crippen LogP contribution in [0.25, 0.3) is 0 Å². The lowest BCUT2D eigenvalue weighted by Gasteiger charge is -2.47. The summed E-state index contributed by atoms with van der Waals surface area (Å²) >= 11 is 1.26. The molecule has 3 atom stereocenters. The number of carbonyl (C=O) groups excluding carboxylic acids is 1. The Balaban J connectivity index is 1.62. The second kappa shape index (κ2) is 9.51. The van der Waals surface area contributed by atoms with Gasteiger partial charge < -0.3 is 20.5 Å². The van der Waals surface area contributed by atoms with Gasteiger partial charge >= 0.3 is 6.61 Å². The molecule has 1 amide bonds. The molecule has 0 spiro atoms. The number of amides is 1. The van der Waals surface area contributed by atoms with Gasteiger partial charge in [-0.1, -0.05) is 11.8 Å². The van der Waals surface area contributed by atoms with E-state index in [2.05, 4.69) is 25.0 Å². The Kier molecular flexibility index (Phi) is 6.70. The number of aromatic nitrogens is 2. The lowest BCUT2D eigenvalue weighted by atomic mass is 9.72. The first-order chi connectivity index (χ1) is 15.8. The van der Waals surface area contributed by atoms with Gasteiger partial charge in [0.25, 0.3) is 5.91 Å². The van der Waals surface area contributed by atoms with E-state index in [4.69, 9.17) is 10.5 Å². The maximum Gasteiger partial charge on any atom is 0.388 e. The molecule has 2 aliphatic heterocycles. The molecule has 1 aromatic heterocycles. The zero-order chi connectivity index (χ0) is 23.6. The molecule has 0 radical (unpaired) electrons. The molecular weight excluding hydrogens is 466 g/mol. The number of rotatable bonds is 6. The molecule has 1 saturated heterocycles. The van der Waals surface area contributed by atoms with E-state index in [-0.39, 0.29) is 28.7 Å². The SMILES string of the molecule is NC1=N[C@@]2(c3cc(NC(=O)c4cnc(OC(F)F)cn4)ccc3F)CCO[C@H](CF)[C@H]2CS1. The minimum absolute atomic E-state index is 0.168. The Morgan fingerprint density at radius 1 is 1.36 bits per heavy atom. The number of hydrogen-bond donors (Lipinski definition) is 2. The van der Waals surface area contributed by atoms with Crippen molar-refractivity contribution in [2.75, 3.05) is 24.4 Å². The summed E-state index contributed by atoms with van der Waals surface area (Å²) in [5.41, 5.74) is 5.05. The molecule has 0 saturated carbocycles. The normalized spacial score (nSPS) is 24.7. The summed E-state index contributed by atoms with van der Waals surface area (Å²) in [6.07, 6.45) is 1.39. The van der Waals surface area contributed by atoms with Crippen molar-refractivity contribution in [1.29, 1.82) is 0 Å². The Hall–Kier alpha value is -2.93. The van der Waals surface area contributed by atoms with Crippen LogP contribution in [0.15, 0.2) is 35.6 Å². The molecule has 1 aromatic carbocycles. The molecule has 3 N–H and O–H groups in total. The summed E-state index contributed by atoms with van der Waals surface area (Å²) in [4.78, 5) is 24.4. The average Bonchev–Trinajstić information content (AvgIpc) is 2.79. The fourth-order valence-corrected chi connectivity index (χ4v) is 5.09. The van der Waals surface area contributed by atoms with Gasteiger partial charge in [-0.15, -0.1) is 0 Å². The third-order valence-electron chi connectivity index (χ3n) is 5.51. The van der Waals surface area contributed by atoms with Gasteiger partial charge in [-0.3, -0.25) is 9.79 Å². The molecule has 33 heavy (non-hydrogen) atoms. The predicted octanol–water partition coefficient (Wildman–Crippen LogP) is 3.10. The molecule has 2 aliphatic rings. The highest BCUT2D eigenvalue weighted by Gasteiger charge is 2.51. The van der Waals surface area contributed by atoms with Crippen LogP contribution in [0, 0.1) is 11.7 Å². The number of aliphatic imine (C=N–C) groups is 1. The third kappa shape index (κ3) is 4.74. The van der Waals surface area contributed by atoms with E-state index in [1.807, 2.05) is 0 Å². The topological polar surface area (TPSA) is 112 Å². The van der Waals surface area contributed by atoms with Crippen molar-refractivity contribution >= 4 is 28.5 Å². The van der Waals surface area contributed by atoms with Gasteiger partial charge in [0.1, 0.15) is 18.2 Å². The standard InChI is InChI=1S/C20H19F4N5O3S/c21-6-15-12-9-33-19(25)29-20(12,3-4-31-15)11-5-10(1-2-13(11)22)28-17(30)14-7-27-16(8-26-14)32-18(23)24/h1-2,5,7-8,12,15,18H,3-4,6,9H2,(H2,25,29)(H,28,30)/t12-,15-,20-/m1/s1. The van der Waals surface area contributed by atoms with Crippen LogP contribution >= 0.6 is 11.8 Å². The first kappa shape index (κ1) is 23.2. The van der Waals surface area contributed by atoms with Crippen LogP contribution in [0.1, 0.15) is 22.5 Å². The lowest BCUT2D eigenvalue weighted by Crippen LogP contribution is -2.52. The molecule has 13 heteroatoms. The van der Waals surface area contributed by atoms with Crippen LogP contribution in [0.4, 0.5) is 23.2 Å². The van der Waals surface area contributed by atoms with Crippen LogP contribution in [-0.4, -0.2) is 52.8 Å². The van der Waals surface area contributed by atoms with Crippen molar-refractivity contribution in [2.24, 2.45) is 16.6 Å². The van der Waals surface area contributed by atoms with Crippen molar-refractivity contribution in [1.82, 2.24) is 9.97 Å². The number of ether oxygens (including phenoxy) is 2. The smallest absolute Gasteiger partial charge is 0.388 e. The summed E-state index contributed by atoms with van der Waals surface area (Å²) in [6.45, 7) is -3.65. The maximum absolute atomic E-state index is 15.0. The predicted molar refractivity (Wildman–Crippen MR) is 113 cm³/mol. The number of amidine groups is 1. The number of nitrogens with zero attached hydrogens (tertiary/aromatic N) is 3. The molecule has 2 aromatic rings. The minimum Gasteiger partial charge on any atom is -0.415 e. The van der Waals surface area contributed by atoms with Crippen molar-refractivity contribution in [2.45, 2.75) is 24.7 Å². The highest BCUT2D eigenvalue weighted by atomic mass is 32.2. The van der Waals surface area contributed by atoms with Crippen molar-refractivity contribution in [3.63, 3.8) is 0 Å². The Bertz CT molecular complexity index is 1060. The molecule has 4 rings (SSSR count). The van der Waals surface area contributed by atoms with Gasteiger partial charge in [0.2, 0.25) is 5.88 Å². The Morgan fingerprint density at radius 2 is 2.18 bits per heavy atom. The number of nitrogens with two attached hydrogens (primary N) is 1. The fourth-order valence-electron chi connectivity index (χ4n) is 4.03. The number of benzene rings is 1. The van der Waals surface area contributed by atoms with Gasteiger partial charge in [0.15, 0.2) is 5.17 Å². The van der Waals surface area contributed by atoms with E-state index < -0.39 is 48.5 Å². The number of fused-ring (bicyclic) bond motifs is 1. The first-order valence-electron chi connectivity index (χ1n) is 9.86. The summed E-state index contributed by atoms with van der Waals surface area (Å²) < 4.78 is 62.8. The number of hydrogen-bond acceptors (Lipinski definition) is 8. The fraction of sp³-hybridized carbons (Fsp3) is 0.400. The maximum atomic E-state index is 15.0. The number of alkyl halides is 3. The Morgan fingerprint density at radius 3 is 2.88 bits per heavy atom. The summed E-state index contributed by atoms with van der Waals surface area (Å²) in [5, 5.41) is 2.83. The average molecular weight is 485 g/mol. The number of nitrogens with one attached hydrogen (secondary N) is 1. The van der Waals surface area contributed by atoms with E-state index in [1.54, 1.807) is 0 Å². The molecular formula is C20H19F4N5O3S. The molecule has 0 unspecified atom stereocenters. The van der Waals surface area contributed by atoms with E-state index >= 15 is 4.39 Å². The zero-order valence-corrected chi connectivity index (χ0v) is 17.8. The first-order valence-corrected chi connectivity index (χ1v) is 10.8. The van der Waals surface area contributed by atoms with Gasteiger partial charge in [0.05, 0.1) is 24.0 Å². The van der Waals surface area contributed by atoms with Crippen molar-refractivity contribution < 1.29 is 31.8 Å². The van der Waals surface area contributed by atoms with Crippen LogP contribution in [0.2, 0.25) is 0 Å². The molecule has 0 aliphatic carbocycles. The number of anilines is 1. The van der Waals surface area contributed by atoms with Gasteiger partial charge in [-0.2, -0.15) is 8.78 Å². The summed E-state index contributed by atoms with van der Waals surface area (Å²) in [7, 11) is 0. The third-order valence-corrected chi connectivity index (χ3v) is 6.42. The highest BCUT2D eigenvalue weighted by molar-refractivity contribution is 8.13. The van der Waals surface area contributed by atoms with Crippen LogP contribution < -0.4 is 15.8 Å². The summed E-state index contributed by atoms with van der Waals surface area (Å²) in [6, 6.07) is 3.95. The lowest BCUT2D eigenvalue weighted by molar-refractivity contribution is -0.0714. The number of carbonyl (C=O) groups is 1. The van der Waals surface area contributed by atoms with Crippen molar-refractivity contribution in [3.05, 3.63) is 47.7 Å². The van der Waals surface area contributed by atoms with Crippen LogP contribution in [0.3, 0.4) is 0 Å². The largest absolute Gasteiger partial charge is 0.415 e. The second-order valence-electron chi connectivity index (χ2n) is 7.37. The second-order valence-corrected chi connectivity index (χ2v) is 8.41. The number of thioether (sulfide) groups is 1. The monoisotopic (exact) mass is 485 g/mol. The molecule has 0 bridgehead atoms. The van der Waals surface area contributed by atoms with Crippen molar-refractivity contribution in [3.8, 4) is 5.88 Å². The molecule has 3 heterocycles. The zero-order valence-electron chi connectivity index (χ0n) is 17.0. The highest BCUT2D eigenvalue weighted by Crippen LogP contribution is 2.48. The van der Waals surface area contributed by atoms with E-state index in [9.17, 15) is 18.0 Å². The number of halogens is 4. The van der Waals surface area contributed by atoms with Crippen LogP contribution in [-0.2, 0) is 10.3 Å². The molecule has 8 nitrogen and oxygen atoms in total.